The lowest BCUT2D eigenvalue weighted by molar-refractivity contribution is -0.113. The highest BCUT2D eigenvalue weighted by Crippen LogP contribution is 2.26. The van der Waals surface area contributed by atoms with Crippen LogP contribution in [-0.4, -0.2) is 31.2 Å². The Bertz CT molecular complexity index is 1230. The van der Waals surface area contributed by atoms with Crippen LogP contribution in [-0.2, 0) is 4.79 Å². The Balaban J connectivity index is 1.44. The molecule has 2 aromatic carbocycles. The molecule has 1 amide bonds. The number of rotatable bonds is 6. The molecule has 9 heteroatoms. The number of benzene rings is 2. The van der Waals surface area contributed by atoms with Crippen molar-refractivity contribution in [1.82, 2.24) is 19.6 Å². The lowest BCUT2D eigenvalue weighted by Gasteiger charge is -2.06. The Labute approximate surface area is 187 Å². The second-order valence-electron chi connectivity index (χ2n) is 6.51. The maximum absolute atomic E-state index is 12.6. The Morgan fingerprint density at radius 1 is 1.00 bits per heavy atom. The Morgan fingerprint density at radius 3 is 2.23 bits per heavy atom. The smallest absolute Gasteiger partial charge is 0.234 e. The van der Waals surface area contributed by atoms with E-state index in [1.165, 1.54) is 23.1 Å². The van der Waals surface area contributed by atoms with E-state index in [2.05, 4.69) is 15.5 Å². The van der Waals surface area contributed by atoms with Crippen LogP contribution in [0.15, 0.2) is 65.0 Å². The first-order valence-electron chi connectivity index (χ1n) is 9.23. The van der Waals surface area contributed by atoms with Gasteiger partial charge < -0.3 is 5.32 Å². The minimum Gasteiger partial charge on any atom is -0.322 e. The van der Waals surface area contributed by atoms with Crippen molar-refractivity contribution in [2.75, 3.05) is 11.1 Å². The topological polar surface area (TPSA) is 64.7 Å². The fourth-order valence-electron chi connectivity index (χ4n) is 3.00. The molecule has 4 aromatic rings. The Kier molecular flexibility index (Phi) is 6.12. The number of hydrogen-bond acceptors (Lipinski definition) is 6. The first kappa shape index (κ1) is 20.5. The molecule has 152 valence electrons. The fraction of sp³-hybridized carbons (Fsp3) is 0.143. The number of aromatic nitrogens is 4. The molecule has 6 nitrogen and oxygen atoms in total. The summed E-state index contributed by atoms with van der Waals surface area (Å²) >= 11 is 8.19. The van der Waals surface area contributed by atoms with Crippen molar-refractivity contribution in [3.05, 3.63) is 76.0 Å². The summed E-state index contributed by atoms with van der Waals surface area (Å²) in [5.74, 6) is 0.137. The summed E-state index contributed by atoms with van der Waals surface area (Å²) in [4.78, 5) is 12.6. The van der Waals surface area contributed by atoms with Crippen molar-refractivity contribution in [3.63, 3.8) is 0 Å². The average molecular weight is 454 g/mol. The van der Waals surface area contributed by atoms with Crippen molar-refractivity contribution in [2.45, 2.75) is 18.2 Å². The van der Waals surface area contributed by atoms with Crippen LogP contribution >= 0.6 is 35.3 Å². The van der Waals surface area contributed by atoms with Crippen LogP contribution in [0, 0.1) is 17.8 Å². The van der Waals surface area contributed by atoms with Gasteiger partial charge in [-0.2, -0.15) is 5.10 Å². The standard InChI is InChI=1S/C21H19N5OS3/c1-14-19(15(2)25(23-14)16-9-5-3-6-10-16)22-18(27)13-29-20-24-26(21(28)30-20)17-11-7-4-8-12-17/h3-12H,13H2,1-2H3,(H,22,27). The maximum Gasteiger partial charge on any atom is 0.234 e. The summed E-state index contributed by atoms with van der Waals surface area (Å²) in [6.45, 7) is 3.84. The van der Waals surface area contributed by atoms with Gasteiger partial charge in [0.15, 0.2) is 8.29 Å². The number of thioether (sulfide) groups is 1. The number of hydrogen-bond donors (Lipinski definition) is 1. The number of amides is 1. The minimum absolute atomic E-state index is 0.105. The lowest BCUT2D eigenvalue weighted by atomic mass is 10.3. The van der Waals surface area contributed by atoms with Crippen LogP contribution in [0.3, 0.4) is 0 Å². The first-order valence-corrected chi connectivity index (χ1v) is 11.4. The number of aryl methyl sites for hydroxylation is 1. The number of para-hydroxylation sites is 2. The monoisotopic (exact) mass is 453 g/mol. The Morgan fingerprint density at radius 2 is 1.60 bits per heavy atom. The molecule has 0 unspecified atom stereocenters. The van der Waals surface area contributed by atoms with Gasteiger partial charge >= 0.3 is 0 Å². The van der Waals surface area contributed by atoms with Gasteiger partial charge in [0.05, 0.1) is 34.2 Å². The van der Waals surface area contributed by atoms with E-state index in [1.54, 1.807) is 4.68 Å². The number of anilines is 1. The zero-order valence-corrected chi connectivity index (χ0v) is 18.9. The third kappa shape index (κ3) is 4.38. The van der Waals surface area contributed by atoms with Gasteiger partial charge in [-0.05, 0) is 50.3 Å². The van der Waals surface area contributed by atoms with Crippen LogP contribution < -0.4 is 5.32 Å². The number of nitrogens with one attached hydrogen (secondary N) is 1. The van der Waals surface area contributed by atoms with E-state index in [-0.39, 0.29) is 11.7 Å². The van der Waals surface area contributed by atoms with E-state index in [0.717, 1.165) is 32.8 Å². The molecule has 2 heterocycles. The SMILES string of the molecule is Cc1nn(-c2ccccc2)c(C)c1NC(=O)CSc1nn(-c2ccccc2)c(=S)s1. The van der Waals surface area contributed by atoms with Crippen molar-refractivity contribution >= 4 is 46.9 Å². The van der Waals surface area contributed by atoms with Gasteiger partial charge in [-0.3, -0.25) is 4.79 Å². The lowest BCUT2D eigenvalue weighted by Crippen LogP contribution is -2.15. The molecule has 1 N–H and O–H groups in total. The summed E-state index contributed by atoms with van der Waals surface area (Å²) in [6.07, 6.45) is 0. The average Bonchev–Trinajstić information content (AvgIpc) is 3.28. The largest absolute Gasteiger partial charge is 0.322 e. The zero-order chi connectivity index (χ0) is 21.1. The molecule has 2 aromatic heterocycles. The van der Waals surface area contributed by atoms with E-state index in [4.69, 9.17) is 12.2 Å². The number of carbonyl (C=O) groups is 1. The molecule has 0 atom stereocenters. The predicted molar refractivity (Wildman–Crippen MR) is 125 cm³/mol. The van der Waals surface area contributed by atoms with Gasteiger partial charge in [0.1, 0.15) is 0 Å². The van der Waals surface area contributed by atoms with Gasteiger partial charge in [0.2, 0.25) is 5.91 Å². The van der Waals surface area contributed by atoms with Crippen molar-refractivity contribution in [2.24, 2.45) is 0 Å². The summed E-state index contributed by atoms with van der Waals surface area (Å²) in [6, 6.07) is 19.6. The van der Waals surface area contributed by atoms with Gasteiger partial charge in [0.25, 0.3) is 0 Å². The second-order valence-corrected chi connectivity index (χ2v) is 9.36. The van der Waals surface area contributed by atoms with Gasteiger partial charge in [0, 0.05) is 0 Å². The highest BCUT2D eigenvalue weighted by Gasteiger charge is 2.16. The molecule has 0 saturated carbocycles. The van der Waals surface area contributed by atoms with Gasteiger partial charge in [-0.25, -0.2) is 9.36 Å². The molecule has 0 aliphatic rings. The summed E-state index contributed by atoms with van der Waals surface area (Å²) in [5.41, 5.74) is 4.28. The van der Waals surface area contributed by atoms with E-state index >= 15 is 0 Å². The molecular formula is C21H19N5OS3. The van der Waals surface area contributed by atoms with Crippen LogP contribution in [0.2, 0.25) is 0 Å². The maximum atomic E-state index is 12.6. The molecule has 0 radical (unpaired) electrons. The number of nitrogens with zero attached hydrogens (tertiary/aromatic N) is 4. The summed E-state index contributed by atoms with van der Waals surface area (Å²) in [7, 11) is 0. The van der Waals surface area contributed by atoms with Gasteiger partial charge in [-0.15, -0.1) is 5.10 Å². The second kappa shape index (κ2) is 8.95. The van der Waals surface area contributed by atoms with E-state index in [1.807, 2.05) is 79.2 Å². The zero-order valence-electron chi connectivity index (χ0n) is 16.4. The molecule has 0 bridgehead atoms. The van der Waals surface area contributed by atoms with E-state index < -0.39 is 0 Å². The molecule has 30 heavy (non-hydrogen) atoms. The van der Waals surface area contributed by atoms with Crippen LogP contribution in [0.25, 0.3) is 11.4 Å². The van der Waals surface area contributed by atoms with E-state index in [9.17, 15) is 4.79 Å². The highest BCUT2D eigenvalue weighted by molar-refractivity contribution is 8.01. The predicted octanol–water partition coefficient (Wildman–Crippen LogP) is 5.20. The molecule has 0 saturated heterocycles. The normalized spacial score (nSPS) is 10.9. The molecule has 0 aliphatic carbocycles. The quantitative estimate of drug-likeness (QED) is 0.321. The van der Waals surface area contributed by atoms with Crippen LogP contribution in [0.1, 0.15) is 11.4 Å². The van der Waals surface area contributed by atoms with Crippen LogP contribution in [0.5, 0.6) is 0 Å². The first-order chi connectivity index (χ1) is 14.5. The van der Waals surface area contributed by atoms with Crippen LogP contribution in [0.4, 0.5) is 5.69 Å². The van der Waals surface area contributed by atoms with E-state index in [0.29, 0.717) is 3.95 Å². The van der Waals surface area contributed by atoms with Crippen molar-refractivity contribution in [3.8, 4) is 11.4 Å². The van der Waals surface area contributed by atoms with Gasteiger partial charge in [-0.1, -0.05) is 59.5 Å². The molecule has 0 fully saturated rings. The molecule has 0 spiro atoms. The highest BCUT2D eigenvalue weighted by atomic mass is 32.2. The Hall–Kier alpha value is -2.75. The van der Waals surface area contributed by atoms with Crippen molar-refractivity contribution in [1.29, 1.82) is 0 Å². The minimum atomic E-state index is -0.105. The summed E-state index contributed by atoms with van der Waals surface area (Å²) in [5, 5.41) is 12.1. The summed E-state index contributed by atoms with van der Waals surface area (Å²) < 4.78 is 4.97. The third-order valence-corrected chi connectivity index (χ3v) is 6.78. The third-order valence-electron chi connectivity index (χ3n) is 4.41. The van der Waals surface area contributed by atoms with Crippen molar-refractivity contribution < 1.29 is 4.79 Å². The fourth-order valence-corrected chi connectivity index (χ4v) is 5.16. The molecule has 0 aliphatic heterocycles. The molecule has 4 rings (SSSR count). The number of carbonyl (C=O) groups excluding carboxylic acids is 1. The molecular weight excluding hydrogens is 434 g/mol.